The van der Waals surface area contributed by atoms with E-state index in [9.17, 15) is 22.4 Å². The van der Waals surface area contributed by atoms with E-state index in [1.807, 2.05) is 12.1 Å². The van der Waals surface area contributed by atoms with Crippen LogP contribution in [0.1, 0.15) is 41.7 Å². The number of alkyl halides is 3. The Kier molecular flexibility index (Phi) is 6.50. The number of halogens is 4. The quantitative estimate of drug-likeness (QED) is 0.496. The van der Waals surface area contributed by atoms with Gasteiger partial charge in [-0.2, -0.15) is 13.2 Å². The van der Waals surface area contributed by atoms with Gasteiger partial charge in [0.15, 0.2) is 0 Å². The number of aromatic nitrogens is 1. The molecule has 170 valence electrons. The van der Waals surface area contributed by atoms with Gasteiger partial charge in [0.1, 0.15) is 18.1 Å². The van der Waals surface area contributed by atoms with Crippen LogP contribution in [0, 0.1) is 5.82 Å². The van der Waals surface area contributed by atoms with E-state index >= 15 is 0 Å². The Bertz CT molecular complexity index is 1030. The van der Waals surface area contributed by atoms with Crippen molar-refractivity contribution in [3.63, 3.8) is 0 Å². The molecule has 0 saturated heterocycles. The summed E-state index contributed by atoms with van der Waals surface area (Å²) in [4.78, 5) is 17.1. The molecule has 1 amide bonds. The number of amides is 1. The summed E-state index contributed by atoms with van der Waals surface area (Å²) in [5, 5.41) is 4.14. The van der Waals surface area contributed by atoms with Gasteiger partial charge in [-0.1, -0.05) is 30.3 Å². The van der Waals surface area contributed by atoms with Gasteiger partial charge in [0.25, 0.3) is 5.91 Å². The Balaban J connectivity index is 1.48. The number of H-pyrrole nitrogens is 1. The lowest BCUT2D eigenvalue weighted by Gasteiger charge is -2.38. The minimum Gasteiger partial charge on any atom is -0.351 e. The number of nitrogens with one attached hydrogen (secondary N) is 2. The molecule has 0 aliphatic heterocycles. The third-order valence-corrected chi connectivity index (χ3v) is 5.97. The lowest BCUT2D eigenvalue weighted by Crippen LogP contribution is -2.50. The number of benzene rings is 2. The van der Waals surface area contributed by atoms with Crippen molar-refractivity contribution in [2.75, 3.05) is 6.54 Å². The van der Waals surface area contributed by atoms with Gasteiger partial charge in [-0.25, -0.2) is 4.39 Å². The summed E-state index contributed by atoms with van der Waals surface area (Å²) in [6.07, 6.45) is -1.99. The molecule has 1 fully saturated rings. The summed E-state index contributed by atoms with van der Waals surface area (Å²) >= 11 is 0. The lowest BCUT2D eigenvalue weighted by atomic mass is 9.89. The molecule has 4 rings (SSSR count). The highest BCUT2D eigenvalue weighted by Crippen LogP contribution is 2.29. The second-order valence-electron chi connectivity index (χ2n) is 8.34. The molecule has 0 radical (unpaired) electrons. The van der Waals surface area contributed by atoms with Gasteiger partial charge >= 0.3 is 6.18 Å². The zero-order valence-corrected chi connectivity index (χ0v) is 17.5. The van der Waals surface area contributed by atoms with Gasteiger partial charge in [0, 0.05) is 29.5 Å². The maximum atomic E-state index is 13.4. The second kappa shape index (κ2) is 9.32. The van der Waals surface area contributed by atoms with Crippen molar-refractivity contribution >= 4 is 16.8 Å². The zero-order valence-electron chi connectivity index (χ0n) is 17.5. The number of para-hydroxylation sites is 1. The monoisotopic (exact) mass is 447 g/mol. The summed E-state index contributed by atoms with van der Waals surface area (Å²) in [6, 6.07) is 14.4. The number of carbonyl (C=O) groups excluding carboxylic acids is 1. The third kappa shape index (κ3) is 5.48. The van der Waals surface area contributed by atoms with E-state index in [2.05, 4.69) is 10.3 Å². The summed E-state index contributed by atoms with van der Waals surface area (Å²) in [5.41, 5.74) is 1.77. The fraction of sp³-hybridized carbons (Fsp3) is 0.375. The first-order valence-electron chi connectivity index (χ1n) is 10.7. The summed E-state index contributed by atoms with van der Waals surface area (Å²) in [7, 11) is 0. The van der Waals surface area contributed by atoms with Crippen LogP contribution in [0.5, 0.6) is 0 Å². The van der Waals surface area contributed by atoms with E-state index in [4.69, 9.17) is 0 Å². The molecule has 8 heteroatoms. The number of nitrogens with zero attached hydrogens (tertiary/aromatic N) is 1. The normalized spacial score (nSPS) is 19.2. The molecule has 32 heavy (non-hydrogen) atoms. The molecule has 2 aromatic carbocycles. The van der Waals surface area contributed by atoms with E-state index in [0.29, 0.717) is 24.9 Å². The molecular weight excluding hydrogens is 422 g/mol. The standard InChI is InChI=1S/C24H25F4N3O/c25-18-10-8-16(9-11-18)14-29-19-5-3-6-20(13-19)31(15-24(26,27)28)23(32)22-12-17-4-1-2-7-21(17)30-22/h1-2,4,7-12,19-20,29-30H,3,5-6,13-15H2/t19-,20+/m1/s1. The van der Waals surface area contributed by atoms with Crippen LogP contribution in [-0.2, 0) is 6.54 Å². The predicted molar refractivity (Wildman–Crippen MR) is 115 cm³/mol. The Morgan fingerprint density at radius 1 is 1.09 bits per heavy atom. The number of fused-ring (bicyclic) bond motifs is 1. The average molecular weight is 447 g/mol. The van der Waals surface area contributed by atoms with Crippen molar-refractivity contribution in [1.82, 2.24) is 15.2 Å². The Morgan fingerprint density at radius 2 is 1.84 bits per heavy atom. The second-order valence-corrected chi connectivity index (χ2v) is 8.34. The highest BCUT2D eigenvalue weighted by atomic mass is 19.4. The van der Waals surface area contributed by atoms with Crippen molar-refractivity contribution in [3.8, 4) is 0 Å². The fourth-order valence-corrected chi connectivity index (χ4v) is 4.40. The Labute approximate surface area is 183 Å². The molecule has 2 atom stereocenters. The van der Waals surface area contributed by atoms with E-state index in [-0.39, 0.29) is 17.6 Å². The van der Waals surface area contributed by atoms with Crippen molar-refractivity contribution < 1.29 is 22.4 Å². The third-order valence-electron chi connectivity index (χ3n) is 5.97. The average Bonchev–Trinajstić information content (AvgIpc) is 3.21. The highest BCUT2D eigenvalue weighted by molar-refractivity contribution is 5.98. The maximum absolute atomic E-state index is 13.4. The molecule has 1 aromatic heterocycles. The molecule has 0 spiro atoms. The first-order valence-corrected chi connectivity index (χ1v) is 10.7. The largest absolute Gasteiger partial charge is 0.406 e. The van der Waals surface area contributed by atoms with Gasteiger partial charge in [-0.3, -0.25) is 4.79 Å². The van der Waals surface area contributed by atoms with E-state index in [1.165, 1.54) is 12.1 Å². The highest BCUT2D eigenvalue weighted by Gasteiger charge is 2.39. The Morgan fingerprint density at radius 3 is 2.56 bits per heavy atom. The smallest absolute Gasteiger partial charge is 0.351 e. The molecule has 3 aromatic rings. The molecule has 1 saturated carbocycles. The van der Waals surface area contributed by atoms with Crippen molar-refractivity contribution in [2.24, 2.45) is 0 Å². The van der Waals surface area contributed by atoms with Gasteiger partial charge in [0.2, 0.25) is 0 Å². The van der Waals surface area contributed by atoms with Gasteiger partial charge < -0.3 is 15.2 Å². The molecule has 1 aliphatic rings. The molecule has 2 N–H and O–H groups in total. The van der Waals surface area contributed by atoms with Crippen LogP contribution in [0.25, 0.3) is 10.9 Å². The molecule has 1 aliphatic carbocycles. The summed E-state index contributed by atoms with van der Waals surface area (Å²) in [5.74, 6) is -0.951. The number of carbonyl (C=O) groups is 1. The van der Waals surface area contributed by atoms with Gasteiger partial charge in [0.05, 0.1) is 0 Å². The number of hydrogen-bond acceptors (Lipinski definition) is 2. The molecule has 4 nitrogen and oxygen atoms in total. The lowest BCUT2D eigenvalue weighted by molar-refractivity contribution is -0.146. The van der Waals surface area contributed by atoms with Crippen LogP contribution in [-0.4, -0.2) is 40.6 Å². The van der Waals surface area contributed by atoms with Crippen LogP contribution in [0.4, 0.5) is 17.6 Å². The van der Waals surface area contributed by atoms with Crippen LogP contribution in [0.2, 0.25) is 0 Å². The van der Waals surface area contributed by atoms with Crippen molar-refractivity contribution in [2.45, 2.75) is 50.5 Å². The van der Waals surface area contributed by atoms with Crippen LogP contribution in [0.3, 0.4) is 0 Å². The molecular formula is C24H25F4N3O. The summed E-state index contributed by atoms with van der Waals surface area (Å²) in [6.45, 7) is -0.788. The molecule has 0 unspecified atom stereocenters. The number of rotatable bonds is 6. The number of aromatic amines is 1. The first kappa shape index (κ1) is 22.3. The minimum atomic E-state index is -4.49. The van der Waals surface area contributed by atoms with Crippen LogP contribution in [0.15, 0.2) is 54.6 Å². The predicted octanol–water partition coefficient (Wildman–Crippen LogP) is 5.41. The van der Waals surface area contributed by atoms with E-state index in [0.717, 1.165) is 28.7 Å². The molecule has 0 bridgehead atoms. The minimum absolute atomic E-state index is 0.0231. The van der Waals surface area contributed by atoms with Crippen molar-refractivity contribution in [1.29, 1.82) is 0 Å². The molecule has 1 heterocycles. The SMILES string of the molecule is O=C(c1cc2ccccc2[nH]1)N(CC(F)(F)F)[C@H]1CCC[C@@H](NCc2ccc(F)cc2)C1. The Hall–Kier alpha value is -2.87. The summed E-state index contributed by atoms with van der Waals surface area (Å²) < 4.78 is 53.3. The first-order chi connectivity index (χ1) is 15.3. The number of hydrogen-bond donors (Lipinski definition) is 2. The van der Waals surface area contributed by atoms with Crippen molar-refractivity contribution in [3.05, 3.63) is 71.7 Å². The van der Waals surface area contributed by atoms with Gasteiger partial charge in [-0.15, -0.1) is 0 Å². The van der Waals surface area contributed by atoms with Crippen LogP contribution >= 0.6 is 0 Å². The van der Waals surface area contributed by atoms with E-state index < -0.39 is 24.7 Å². The van der Waals surface area contributed by atoms with E-state index in [1.54, 1.807) is 30.3 Å². The maximum Gasteiger partial charge on any atom is 0.406 e. The topological polar surface area (TPSA) is 48.1 Å². The zero-order chi connectivity index (χ0) is 22.7. The fourth-order valence-electron chi connectivity index (χ4n) is 4.40. The van der Waals surface area contributed by atoms with Gasteiger partial charge in [-0.05, 0) is 55.5 Å². The van der Waals surface area contributed by atoms with Crippen LogP contribution < -0.4 is 5.32 Å².